The van der Waals surface area contributed by atoms with E-state index in [0.717, 1.165) is 18.4 Å². The van der Waals surface area contributed by atoms with E-state index in [2.05, 4.69) is 22.9 Å². The number of carbonyl (C=O) groups is 1. The van der Waals surface area contributed by atoms with Crippen molar-refractivity contribution < 1.29 is 4.79 Å². The summed E-state index contributed by atoms with van der Waals surface area (Å²) in [6.07, 6.45) is 12.1. The molecule has 2 heteroatoms. The van der Waals surface area contributed by atoms with Gasteiger partial charge in [-0.3, -0.25) is 4.79 Å². The zero-order valence-electron chi connectivity index (χ0n) is 11.4. The molecule has 0 saturated carbocycles. The minimum Gasteiger partial charge on any atom is -0.295 e. The fourth-order valence-corrected chi connectivity index (χ4v) is 2.42. The minimum absolute atomic E-state index is 0.282. The standard InChI is InChI=1S/C15H27BrO/c1-3-5-6-7-8-9-10-11-12-14(13-16)15(17)4-2/h13H,3-12H2,1-2H3/b14-13+. The highest BCUT2D eigenvalue weighted by molar-refractivity contribution is 9.11. The van der Waals surface area contributed by atoms with Crippen LogP contribution in [0.5, 0.6) is 0 Å². The molecular formula is C15H27BrO. The second kappa shape index (κ2) is 12.3. The lowest BCUT2D eigenvalue weighted by molar-refractivity contribution is -0.115. The Kier molecular flexibility index (Phi) is 12.3. The molecule has 0 heterocycles. The number of unbranched alkanes of at least 4 members (excludes halogenated alkanes) is 7. The predicted molar refractivity (Wildman–Crippen MR) is 79.5 cm³/mol. The molecule has 0 aromatic heterocycles. The molecule has 0 bridgehead atoms. The Bertz CT molecular complexity index is 221. The van der Waals surface area contributed by atoms with Crippen LogP contribution >= 0.6 is 15.9 Å². The van der Waals surface area contributed by atoms with Crippen LogP contribution in [0.3, 0.4) is 0 Å². The molecule has 0 unspecified atom stereocenters. The van der Waals surface area contributed by atoms with Gasteiger partial charge in [-0.05, 0) is 17.8 Å². The summed E-state index contributed by atoms with van der Waals surface area (Å²) in [5.41, 5.74) is 0.957. The van der Waals surface area contributed by atoms with E-state index in [-0.39, 0.29) is 5.78 Å². The average Bonchev–Trinajstić information content (AvgIpc) is 2.36. The molecule has 0 aromatic carbocycles. The van der Waals surface area contributed by atoms with Crippen LogP contribution < -0.4 is 0 Å². The molecule has 0 saturated heterocycles. The molecule has 0 amide bonds. The second-order valence-electron chi connectivity index (χ2n) is 4.64. The zero-order valence-corrected chi connectivity index (χ0v) is 13.0. The molecule has 0 aliphatic rings. The highest BCUT2D eigenvalue weighted by Crippen LogP contribution is 2.15. The third kappa shape index (κ3) is 9.58. The summed E-state index contributed by atoms with van der Waals surface area (Å²) < 4.78 is 0. The Morgan fingerprint density at radius 2 is 1.47 bits per heavy atom. The van der Waals surface area contributed by atoms with Gasteiger partial charge in [0.1, 0.15) is 0 Å². The lowest BCUT2D eigenvalue weighted by Crippen LogP contribution is -1.99. The van der Waals surface area contributed by atoms with Crippen molar-refractivity contribution >= 4 is 21.7 Å². The van der Waals surface area contributed by atoms with Gasteiger partial charge in [-0.2, -0.15) is 0 Å². The van der Waals surface area contributed by atoms with Crippen LogP contribution in [0.4, 0.5) is 0 Å². The first kappa shape index (κ1) is 16.9. The van der Waals surface area contributed by atoms with Gasteiger partial charge in [0, 0.05) is 12.0 Å². The van der Waals surface area contributed by atoms with E-state index in [9.17, 15) is 4.79 Å². The van der Waals surface area contributed by atoms with Crippen molar-refractivity contribution in [3.63, 3.8) is 0 Å². The molecule has 0 aliphatic carbocycles. The number of ketones is 1. The van der Waals surface area contributed by atoms with Crippen LogP contribution in [0.1, 0.15) is 78.1 Å². The van der Waals surface area contributed by atoms with E-state index in [1.165, 1.54) is 44.9 Å². The number of halogens is 1. The fourth-order valence-electron chi connectivity index (χ4n) is 1.93. The number of allylic oxidation sites excluding steroid dienone is 1. The highest BCUT2D eigenvalue weighted by Gasteiger charge is 2.05. The molecule has 0 rings (SSSR count). The lowest BCUT2D eigenvalue weighted by Gasteiger charge is -2.04. The maximum Gasteiger partial charge on any atom is 0.159 e. The van der Waals surface area contributed by atoms with Crippen molar-refractivity contribution in [2.45, 2.75) is 78.1 Å². The fraction of sp³-hybridized carbons (Fsp3) is 0.800. The lowest BCUT2D eigenvalue weighted by atomic mass is 10.0. The number of rotatable bonds is 11. The first-order chi connectivity index (χ1) is 8.26. The van der Waals surface area contributed by atoms with Crippen LogP contribution in [0, 0.1) is 0 Å². The Morgan fingerprint density at radius 1 is 0.941 bits per heavy atom. The molecule has 0 aliphatic heterocycles. The second-order valence-corrected chi connectivity index (χ2v) is 5.09. The SMILES string of the molecule is CCCCCCCCCC/C(=C\Br)C(=O)CC. The van der Waals surface area contributed by atoms with Gasteiger partial charge in [-0.25, -0.2) is 0 Å². The van der Waals surface area contributed by atoms with Gasteiger partial charge < -0.3 is 0 Å². The normalized spacial score (nSPS) is 11.8. The van der Waals surface area contributed by atoms with Crippen LogP contribution in [0.2, 0.25) is 0 Å². The van der Waals surface area contributed by atoms with Crippen molar-refractivity contribution in [1.82, 2.24) is 0 Å². The maximum absolute atomic E-state index is 11.5. The van der Waals surface area contributed by atoms with Gasteiger partial charge in [0.05, 0.1) is 0 Å². The molecule has 100 valence electrons. The van der Waals surface area contributed by atoms with Crippen molar-refractivity contribution in [2.75, 3.05) is 0 Å². The maximum atomic E-state index is 11.5. The molecule has 0 atom stereocenters. The average molecular weight is 303 g/mol. The molecule has 17 heavy (non-hydrogen) atoms. The number of hydrogen-bond acceptors (Lipinski definition) is 1. The van der Waals surface area contributed by atoms with Crippen LogP contribution in [0.25, 0.3) is 0 Å². The van der Waals surface area contributed by atoms with E-state index in [1.54, 1.807) is 4.99 Å². The Labute approximate surface area is 115 Å². The molecule has 0 spiro atoms. The third-order valence-corrected chi connectivity index (χ3v) is 3.66. The van der Waals surface area contributed by atoms with Crippen molar-refractivity contribution in [3.8, 4) is 0 Å². The van der Waals surface area contributed by atoms with Gasteiger partial charge in [0.25, 0.3) is 0 Å². The van der Waals surface area contributed by atoms with Gasteiger partial charge in [-0.1, -0.05) is 74.7 Å². The highest BCUT2D eigenvalue weighted by atomic mass is 79.9. The van der Waals surface area contributed by atoms with Gasteiger partial charge >= 0.3 is 0 Å². The first-order valence-corrected chi connectivity index (χ1v) is 8.00. The molecule has 0 fully saturated rings. The Balaban J connectivity index is 3.41. The largest absolute Gasteiger partial charge is 0.295 e. The number of carbonyl (C=O) groups excluding carboxylic acids is 1. The summed E-state index contributed by atoms with van der Waals surface area (Å²) in [4.78, 5) is 13.3. The summed E-state index contributed by atoms with van der Waals surface area (Å²) in [7, 11) is 0. The van der Waals surface area contributed by atoms with Gasteiger partial charge in [0.15, 0.2) is 5.78 Å². The van der Waals surface area contributed by atoms with Crippen LogP contribution in [-0.4, -0.2) is 5.78 Å². The predicted octanol–water partition coefficient (Wildman–Crippen LogP) is 5.78. The molecule has 0 N–H and O–H groups in total. The summed E-state index contributed by atoms with van der Waals surface area (Å²) >= 11 is 3.29. The number of Topliss-reactive ketones (excluding diaryl/α,β-unsaturated/α-hetero) is 1. The van der Waals surface area contributed by atoms with Crippen molar-refractivity contribution in [2.24, 2.45) is 0 Å². The molecule has 1 nitrogen and oxygen atoms in total. The topological polar surface area (TPSA) is 17.1 Å². The van der Waals surface area contributed by atoms with E-state index in [4.69, 9.17) is 0 Å². The monoisotopic (exact) mass is 302 g/mol. The zero-order chi connectivity index (χ0) is 12.9. The smallest absolute Gasteiger partial charge is 0.159 e. The molecule has 0 aromatic rings. The van der Waals surface area contributed by atoms with E-state index >= 15 is 0 Å². The third-order valence-electron chi connectivity index (χ3n) is 3.11. The Hall–Kier alpha value is -0.110. The van der Waals surface area contributed by atoms with E-state index in [0.29, 0.717) is 6.42 Å². The summed E-state index contributed by atoms with van der Waals surface area (Å²) in [5, 5.41) is 0. The first-order valence-electron chi connectivity index (χ1n) is 7.08. The van der Waals surface area contributed by atoms with Crippen molar-refractivity contribution in [1.29, 1.82) is 0 Å². The number of hydrogen-bond donors (Lipinski definition) is 0. The van der Waals surface area contributed by atoms with Crippen LogP contribution in [0.15, 0.2) is 10.6 Å². The summed E-state index contributed by atoms with van der Waals surface area (Å²) in [6.45, 7) is 4.17. The molecule has 0 radical (unpaired) electrons. The van der Waals surface area contributed by atoms with E-state index < -0.39 is 0 Å². The minimum atomic E-state index is 0.282. The summed E-state index contributed by atoms with van der Waals surface area (Å²) in [5.74, 6) is 0.282. The Morgan fingerprint density at radius 3 is 1.94 bits per heavy atom. The quantitative estimate of drug-likeness (QED) is 0.349. The van der Waals surface area contributed by atoms with E-state index in [1.807, 2.05) is 6.92 Å². The van der Waals surface area contributed by atoms with Crippen molar-refractivity contribution in [3.05, 3.63) is 10.6 Å². The van der Waals surface area contributed by atoms with Gasteiger partial charge in [0.2, 0.25) is 0 Å². The van der Waals surface area contributed by atoms with Gasteiger partial charge in [-0.15, -0.1) is 0 Å². The molecular weight excluding hydrogens is 276 g/mol. The van der Waals surface area contributed by atoms with Crippen LogP contribution in [-0.2, 0) is 4.79 Å². The summed E-state index contributed by atoms with van der Waals surface area (Å²) in [6, 6.07) is 0.